The summed E-state index contributed by atoms with van der Waals surface area (Å²) in [4.78, 5) is 7.68. The van der Waals surface area contributed by atoms with E-state index in [2.05, 4.69) is 9.88 Å². The lowest BCUT2D eigenvalue weighted by atomic mass is 10.1. The van der Waals surface area contributed by atoms with Gasteiger partial charge in [-0.25, -0.2) is 8.42 Å². The van der Waals surface area contributed by atoms with Crippen LogP contribution in [-0.2, 0) is 14.8 Å². The van der Waals surface area contributed by atoms with Crippen molar-refractivity contribution in [2.45, 2.75) is 69.6 Å². The van der Waals surface area contributed by atoms with Gasteiger partial charge in [-0.1, -0.05) is 0 Å². The van der Waals surface area contributed by atoms with E-state index in [-0.39, 0.29) is 30.8 Å². The van der Waals surface area contributed by atoms with Gasteiger partial charge in [0.05, 0.1) is 18.5 Å². The number of halogens is 3. The van der Waals surface area contributed by atoms with Gasteiger partial charge in [0.2, 0.25) is 15.9 Å². The summed E-state index contributed by atoms with van der Waals surface area (Å²) in [5.74, 6) is 0.355. The fourth-order valence-corrected chi connectivity index (χ4v) is 6.23. The molecule has 0 N–H and O–H groups in total. The molecule has 1 aromatic heterocycles. The number of pyridine rings is 1. The second kappa shape index (κ2) is 9.02. The maximum absolute atomic E-state index is 14.2. The number of hydrogen-bond acceptors (Lipinski definition) is 7. The second-order valence-corrected chi connectivity index (χ2v) is 12.4. The molecule has 0 radical (unpaired) electrons. The molecular formula is C22H33F3N4O4S. The summed E-state index contributed by atoms with van der Waals surface area (Å²) in [5.41, 5.74) is 0.106. The van der Waals surface area contributed by atoms with Gasteiger partial charge in [0.15, 0.2) is 0 Å². The van der Waals surface area contributed by atoms with Gasteiger partial charge >= 0.3 is 6.18 Å². The lowest BCUT2D eigenvalue weighted by Gasteiger charge is -2.42. The van der Waals surface area contributed by atoms with Crippen LogP contribution in [0.15, 0.2) is 12.1 Å². The Hall–Kier alpha value is -1.79. The molecule has 3 aliphatic rings. The minimum Gasteiger partial charge on any atom is -0.472 e. The van der Waals surface area contributed by atoms with Gasteiger partial charge in [0.25, 0.3) is 0 Å². The zero-order valence-corrected chi connectivity index (χ0v) is 20.8. The highest BCUT2D eigenvalue weighted by Gasteiger charge is 2.51. The Morgan fingerprint density at radius 1 is 1.09 bits per heavy atom. The van der Waals surface area contributed by atoms with Crippen LogP contribution in [0.25, 0.3) is 0 Å². The summed E-state index contributed by atoms with van der Waals surface area (Å²) in [6.45, 7) is 8.38. The van der Waals surface area contributed by atoms with Crippen LogP contribution in [0.1, 0.15) is 40.5 Å². The second-order valence-electron chi connectivity index (χ2n) is 10.2. The highest BCUT2D eigenvalue weighted by molar-refractivity contribution is 7.90. The maximum atomic E-state index is 14.2. The summed E-state index contributed by atoms with van der Waals surface area (Å²) in [6.07, 6.45) is -3.62. The zero-order valence-electron chi connectivity index (χ0n) is 20.0. The van der Waals surface area contributed by atoms with E-state index in [4.69, 9.17) is 9.47 Å². The van der Waals surface area contributed by atoms with E-state index >= 15 is 0 Å². The first-order chi connectivity index (χ1) is 15.8. The van der Waals surface area contributed by atoms with Gasteiger partial charge in [0.1, 0.15) is 17.5 Å². The van der Waals surface area contributed by atoms with E-state index in [1.165, 1.54) is 4.90 Å². The number of ether oxygens (including phenoxy) is 2. The van der Waals surface area contributed by atoms with E-state index in [0.717, 1.165) is 4.31 Å². The topological polar surface area (TPSA) is 75.2 Å². The van der Waals surface area contributed by atoms with Crippen LogP contribution in [0.3, 0.4) is 0 Å². The van der Waals surface area contributed by atoms with Crippen molar-refractivity contribution in [1.29, 1.82) is 0 Å². The Balaban J connectivity index is 1.70. The number of anilines is 2. The number of alkyl halides is 3. The van der Waals surface area contributed by atoms with Gasteiger partial charge < -0.3 is 19.3 Å². The van der Waals surface area contributed by atoms with Crippen molar-refractivity contribution >= 4 is 21.5 Å². The number of aromatic nitrogens is 1. The molecular weight excluding hydrogens is 473 g/mol. The fourth-order valence-electron chi connectivity index (χ4n) is 4.39. The van der Waals surface area contributed by atoms with Crippen LogP contribution in [0.5, 0.6) is 5.88 Å². The number of rotatable bonds is 5. The number of piperazine rings is 1. The molecule has 192 valence electrons. The monoisotopic (exact) mass is 506 g/mol. The summed E-state index contributed by atoms with van der Waals surface area (Å²) in [5, 5.41) is -0.552. The van der Waals surface area contributed by atoms with E-state index in [0.29, 0.717) is 38.3 Å². The molecule has 2 aliphatic heterocycles. The number of nitrogens with zero attached hydrogens (tertiary/aromatic N) is 4. The third-order valence-corrected chi connectivity index (χ3v) is 8.57. The lowest BCUT2D eigenvalue weighted by molar-refractivity contribution is -0.153. The number of morpholine rings is 1. The molecule has 1 unspecified atom stereocenters. The average Bonchev–Trinajstić information content (AvgIpc) is 3.57. The predicted molar refractivity (Wildman–Crippen MR) is 123 cm³/mol. The molecule has 1 aromatic rings. The zero-order chi connectivity index (χ0) is 24.9. The first-order valence-electron chi connectivity index (χ1n) is 11.6. The van der Waals surface area contributed by atoms with Crippen LogP contribution in [0.4, 0.5) is 24.7 Å². The quantitative estimate of drug-likeness (QED) is 0.608. The standard InChI is InChI=1S/C22H33F3N4O4S/c1-15-14-32-10-9-28(15)16-11-19(26-20(12-16)33-21(2,3)4)29-8-7-27(13-18(29)22(23,24)25)34(30,31)17-5-6-17/h11-12,15,17-18H,5-10,13-14H2,1-4H3/t15-,18?/m1/s1. The normalized spacial score (nSPS) is 25.5. The number of sulfonamides is 1. The molecule has 4 rings (SSSR count). The molecule has 0 bridgehead atoms. The smallest absolute Gasteiger partial charge is 0.410 e. The number of hydrogen-bond donors (Lipinski definition) is 0. The molecule has 2 atom stereocenters. The van der Waals surface area contributed by atoms with Gasteiger partial charge in [-0.05, 0) is 40.5 Å². The van der Waals surface area contributed by atoms with Crippen molar-refractivity contribution in [3.63, 3.8) is 0 Å². The predicted octanol–water partition coefficient (Wildman–Crippen LogP) is 3.03. The largest absolute Gasteiger partial charge is 0.472 e. The van der Waals surface area contributed by atoms with Gasteiger partial charge in [-0.3, -0.25) is 0 Å². The van der Waals surface area contributed by atoms with Crippen molar-refractivity contribution < 1.29 is 31.1 Å². The molecule has 0 amide bonds. The average molecular weight is 507 g/mol. The molecule has 3 heterocycles. The van der Waals surface area contributed by atoms with E-state index in [1.54, 1.807) is 12.1 Å². The summed E-state index contributed by atoms with van der Waals surface area (Å²) < 4.78 is 80.4. The SMILES string of the molecule is C[C@@H]1COCCN1c1cc(OC(C)(C)C)nc(N2CCN(S(=O)(=O)C3CC3)CC2C(F)(F)F)c1. The van der Waals surface area contributed by atoms with Gasteiger partial charge in [-0.2, -0.15) is 22.5 Å². The van der Waals surface area contributed by atoms with Gasteiger partial charge in [-0.15, -0.1) is 0 Å². The Kier molecular flexibility index (Phi) is 6.71. The van der Waals surface area contributed by atoms with E-state index in [9.17, 15) is 21.6 Å². The van der Waals surface area contributed by atoms with E-state index in [1.807, 2.05) is 27.7 Å². The molecule has 1 aliphatic carbocycles. The third kappa shape index (κ3) is 5.54. The molecule has 0 aromatic carbocycles. The van der Waals surface area contributed by atoms with Crippen molar-refractivity contribution in [2.75, 3.05) is 49.2 Å². The van der Waals surface area contributed by atoms with Crippen LogP contribution in [0.2, 0.25) is 0 Å². The minimum absolute atomic E-state index is 0.0132. The van der Waals surface area contributed by atoms with Crippen LogP contribution in [0, 0.1) is 0 Å². The minimum atomic E-state index is -4.63. The lowest BCUT2D eigenvalue weighted by Crippen LogP contribution is -2.61. The Labute approximate surface area is 199 Å². The highest BCUT2D eigenvalue weighted by Crippen LogP contribution is 2.38. The van der Waals surface area contributed by atoms with Crippen molar-refractivity contribution in [3.05, 3.63) is 12.1 Å². The molecule has 8 nitrogen and oxygen atoms in total. The first kappa shape index (κ1) is 25.3. The molecule has 2 saturated heterocycles. The third-order valence-electron chi connectivity index (χ3n) is 6.20. The van der Waals surface area contributed by atoms with Crippen LogP contribution < -0.4 is 14.5 Å². The highest BCUT2D eigenvalue weighted by atomic mass is 32.2. The maximum Gasteiger partial charge on any atom is 0.410 e. The van der Waals surface area contributed by atoms with E-state index < -0.39 is 39.6 Å². The molecule has 0 spiro atoms. The van der Waals surface area contributed by atoms with Gasteiger partial charge in [0, 0.05) is 50.0 Å². The molecule has 1 saturated carbocycles. The van der Waals surface area contributed by atoms with Crippen LogP contribution in [-0.4, -0.2) is 86.2 Å². The molecule has 34 heavy (non-hydrogen) atoms. The van der Waals surface area contributed by atoms with Crippen molar-refractivity contribution in [1.82, 2.24) is 9.29 Å². The first-order valence-corrected chi connectivity index (χ1v) is 13.1. The molecule has 12 heteroatoms. The Morgan fingerprint density at radius 3 is 2.38 bits per heavy atom. The Bertz CT molecular complexity index is 995. The molecule has 3 fully saturated rings. The summed E-state index contributed by atoms with van der Waals surface area (Å²) >= 11 is 0. The van der Waals surface area contributed by atoms with Crippen LogP contribution >= 0.6 is 0 Å². The summed E-state index contributed by atoms with van der Waals surface area (Å²) in [6, 6.07) is 1.42. The van der Waals surface area contributed by atoms with Crippen molar-refractivity contribution in [3.8, 4) is 5.88 Å². The fraction of sp³-hybridized carbons (Fsp3) is 0.773. The summed E-state index contributed by atoms with van der Waals surface area (Å²) in [7, 11) is -3.71. The Morgan fingerprint density at radius 2 is 1.79 bits per heavy atom. The van der Waals surface area contributed by atoms with Crippen molar-refractivity contribution in [2.24, 2.45) is 0 Å².